The molecule has 0 aliphatic carbocycles. The summed E-state index contributed by atoms with van der Waals surface area (Å²) in [5.74, 6) is 0. The maximum Gasteiger partial charge on any atom is 0.420 e. The molecular weight excluding hydrogens is 165 g/mol. The molecular formula is C5H9F3O3. The minimum absolute atomic E-state index is 0.729. The first-order chi connectivity index (χ1) is 4.81. The van der Waals surface area contributed by atoms with E-state index >= 15 is 0 Å². The highest BCUT2D eigenvalue weighted by molar-refractivity contribution is 5.10. The average Bonchev–Trinajstić information content (AvgIpc) is 1.90. The van der Waals surface area contributed by atoms with E-state index in [1.54, 1.807) is 0 Å². The zero-order chi connectivity index (χ0) is 9.71. The lowest BCUT2D eigenvalue weighted by molar-refractivity contribution is -0.389. The molecule has 0 radical (unpaired) electrons. The highest BCUT2D eigenvalue weighted by Gasteiger charge is 2.49. The van der Waals surface area contributed by atoms with E-state index < -0.39 is 11.8 Å². The number of halogens is 3. The lowest BCUT2D eigenvalue weighted by atomic mass is 10.1. The second-order valence-corrected chi connectivity index (χ2v) is 2.10. The van der Waals surface area contributed by atoms with E-state index in [1.165, 1.54) is 0 Å². The maximum atomic E-state index is 11.5. The first kappa shape index (κ1) is 13.0. The Kier molecular flexibility index (Phi) is 5.08. The SMILES string of the molecule is C=O.CC(C)(OO)C(F)(F)F. The van der Waals surface area contributed by atoms with Crippen molar-refractivity contribution in [3.63, 3.8) is 0 Å². The Morgan fingerprint density at radius 2 is 1.55 bits per heavy atom. The molecule has 0 rings (SSSR count). The van der Waals surface area contributed by atoms with E-state index in [1.807, 2.05) is 6.79 Å². The number of hydrogen-bond donors (Lipinski definition) is 1. The Morgan fingerprint density at radius 3 is 1.55 bits per heavy atom. The largest absolute Gasteiger partial charge is 0.420 e. The van der Waals surface area contributed by atoms with Crippen molar-refractivity contribution in [2.75, 3.05) is 0 Å². The molecule has 0 saturated carbocycles. The normalized spacial score (nSPS) is 11.8. The van der Waals surface area contributed by atoms with Crippen molar-refractivity contribution in [2.24, 2.45) is 0 Å². The molecule has 0 bridgehead atoms. The highest BCUT2D eigenvalue weighted by Crippen LogP contribution is 2.31. The molecule has 11 heavy (non-hydrogen) atoms. The van der Waals surface area contributed by atoms with E-state index in [9.17, 15) is 13.2 Å². The molecule has 0 aromatic rings. The van der Waals surface area contributed by atoms with Crippen LogP contribution in [0, 0.1) is 0 Å². The molecule has 0 aromatic carbocycles. The van der Waals surface area contributed by atoms with Crippen LogP contribution >= 0.6 is 0 Å². The molecule has 0 heterocycles. The van der Waals surface area contributed by atoms with Crippen molar-refractivity contribution < 1.29 is 28.1 Å². The fourth-order valence-corrected chi connectivity index (χ4v) is 0.0518. The van der Waals surface area contributed by atoms with Gasteiger partial charge in [0.1, 0.15) is 6.79 Å². The number of carbonyl (C=O) groups excluding carboxylic acids is 1. The van der Waals surface area contributed by atoms with Crippen LogP contribution in [0.5, 0.6) is 0 Å². The molecule has 0 aromatic heterocycles. The number of alkyl halides is 3. The first-order valence-corrected chi connectivity index (χ1v) is 2.49. The molecule has 1 N–H and O–H groups in total. The van der Waals surface area contributed by atoms with E-state index in [0.29, 0.717) is 0 Å². The van der Waals surface area contributed by atoms with E-state index in [2.05, 4.69) is 4.89 Å². The van der Waals surface area contributed by atoms with Crippen LogP contribution < -0.4 is 0 Å². The lowest BCUT2D eigenvalue weighted by Crippen LogP contribution is -2.40. The summed E-state index contributed by atoms with van der Waals surface area (Å²) in [6.07, 6.45) is -4.53. The fourth-order valence-electron chi connectivity index (χ4n) is 0.0518. The van der Waals surface area contributed by atoms with Crippen molar-refractivity contribution in [1.82, 2.24) is 0 Å². The van der Waals surface area contributed by atoms with Crippen LogP contribution in [0.25, 0.3) is 0 Å². The van der Waals surface area contributed by atoms with Crippen LogP contribution in [0.4, 0.5) is 13.2 Å². The summed E-state index contributed by atoms with van der Waals surface area (Å²) >= 11 is 0. The Bertz CT molecular complexity index is 110. The van der Waals surface area contributed by atoms with Crippen LogP contribution in [-0.4, -0.2) is 23.8 Å². The van der Waals surface area contributed by atoms with Gasteiger partial charge in [-0.1, -0.05) is 0 Å². The van der Waals surface area contributed by atoms with Crippen LogP contribution in [0.1, 0.15) is 13.8 Å². The minimum atomic E-state index is -4.53. The third-order valence-corrected chi connectivity index (χ3v) is 0.911. The number of carbonyl (C=O) groups is 1. The maximum absolute atomic E-state index is 11.5. The van der Waals surface area contributed by atoms with E-state index in [0.717, 1.165) is 13.8 Å². The third kappa shape index (κ3) is 3.94. The van der Waals surface area contributed by atoms with Crippen molar-refractivity contribution >= 4 is 6.79 Å². The zero-order valence-corrected chi connectivity index (χ0v) is 6.10. The van der Waals surface area contributed by atoms with Crippen LogP contribution in [0.2, 0.25) is 0 Å². The van der Waals surface area contributed by atoms with Gasteiger partial charge in [0, 0.05) is 0 Å². The fraction of sp³-hybridized carbons (Fsp3) is 0.800. The molecule has 6 heteroatoms. The second-order valence-electron chi connectivity index (χ2n) is 2.10. The molecule has 3 nitrogen and oxygen atoms in total. The summed E-state index contributed by atoms with van der Waals surface area (Å²) in [6.45, 7) is 3.46. The number of hydrogen-bond acceptors (Lipinski definition) is 3. The Balaban J connectivity index is 0. The molecule has 0 aliphatic rings. The van der Waals surface area contributed by atoms with Gasteiger partial charge in [-0.25, -0.2) is 4.89 Å². The Labute approximate surface area is 61.7 Å². The van der Waals surface area contributed by atoms with Crippen molar-refractivity contribution in [1.29, 1.82) is 0 Å². The smallest absolute Gasteiger partial charge is 0.307 e. The van der Waals surface area contributed by atoms with Gasteiger partial charge in [0.25, 0.3) is 0 Å². The standard InChI is InChI=1S/C4H7F3O2.CH2O/c1-3(2,9-8)4(5,6)7;1-2/h8H,1-2H3;1H2. The predicted molar refractivity (Wildman–Crippen MR) is 31.0 cm³/mol. The molecule has 0 amide bonds. The van der Waals surface area contributed by atoms with Gasteiger partial charge in [-0.05, 0) is 13.8 Å². The van der Waals surface area contributed by atoms with Crippen molar-refractivity contribution in [2.45, 2.75) is 25.6 Å². The van der Waals surface area contributed by atoms with E-state index in [-0.39, 0.29) is 0 Å². The molecule has 0 saturated heterocycles. The summed E-state index contributed by atoms with van der Waals surface area (Å²) in [4.78, 5) is 11.2. The average molecular weight is 174 g/mol. The monoisotopic (exact) mass is 174 g/mol. The molecule has 0 atom stereocenters. The summed E-state index contributed by atoms with van der Waals surface area (Å²) in [7, 11) is 0. The van der Waals surface area contributed by atoms with Gasteiger partial charge >= 0.3 is 6.18 Å². The first-order valence-electron chi connectivity index (χ1n) is 2.49. The quantitative estimate of drug-likeness (QED) is 0.485. The molecule has 68 valence electrons. The van der Waals surface area contributed by atoms with Crippen molar-refractivity contribution in [3.05, 3.63) is 0 Å². The second kappa shape index (κ2) is 4.30. The molecule has 0 aliphatic heterocycles. The summed E-state index contributed by atoms with van der Waals surface area (Å²) in [6, 6.07) is 0. The van der Waals surface area contributed by atoms with Crippen molar-refractivity contribution in [3.8, 4) is 0 Å². The van der Waals surface area contributed by atoms with Crippen LogP contribution in [0.15, 0.2) is 0 Å². The topological polar surface area (TPSA) is 46.5 Å². The van der Waals surface area contributed by atoms with Gasteiger partial charge in [-0.15, -0.1) is 0 Å². The van der Waals surface area contributed by atoms with E-state index in [4.69, 9.17) is 10.1 Å². The summed E-state index contributed by atoms with van der Waals surface area (Å²) in [5.41, 5.74) is -2.47. The summed E-state index contributed by atoms with van der Waals surface area (Å²) < 4.78 is 34.6. The van der Waals surface area contributed by atoms with Gasteiger partial charge < -0.3 is 4.79 Å². The van der Waals surface area contributed by atoms with Gasteiger partial charge in [-0.3, -0.25) is 5.26 Å². The van der Waals surface area contributed by atoms with Crippen LogP contribution in [-0.2, 0) is 9.68 Å². The van der Waals surface area contributed by atoms with Gasteiger partial charge in [0.2, 0.25) is 0 Å². The minimum Gasteiger partial charge on any atom is -0.307 e. The van der Waals surface area contributed by atoms with Gasteiger partial charge in [0.05, 0.1) is 0 Å². The lowest BCUT2D eigenvalue weighted by Gasteiger charge is -2.22. The predicted octanol–water partition coefficient (Wildman–Crippen LogP) is 1.63. The zero-order valence-electron chi connectivity index (χ0n) is 6.10. The highest BCUT2D eigenvalue weighted by atomic mass is 19.4. The van der Waals surface area contributed by atoms with Gasteiger partial charge in [-0.2, -0.15) is 13.2 Å². The van der Waals surface area contributed by atoms with Gasteiger partial charge in [0.15, 0.2) is 5.60 Å². The Hall–Kier alpha value is -0.620. The van der Waals surface area contributed by atoms with Crippen LogP contribution in [0.3, 0.4) is 0 Å². The molecule has 0 unspecified atom stereocenters. The molecule has 0 spiro atoms. The third-order valence-electron chi connectivity index (χ3n) is 0.911. The number of rotatable bonds is 1. The Morgan fingerprint density at radius 1 is 1.27 bits per heavy atom. The summed E-state index contributed by atoms with van der Waals surface area (Å²) in [5, 5.41) is 7.71. The molecule has 0 fully saturated rings.